The molecule has 0 rings (SSSR count). The van der Waals surface area contributed by atoms with Gasteiger partial charge in [-0.1, -0.05) is 0 Å². The maximum atomic E-state index is 9.27. The standard InChI is InChI=1S/HNO5S.H2O4S/c2-1-6-7(3,4)5;1-5(2,3)4/h(H,3,4,5);(H2,1,2,3,4). The second-order valence-electron chi connectivity index (χ2n) is 1.02. The van der Waals surface area contributed by atoms with Crippen LogP contribution in [-0.4, -0.2) is 30.5 Å². The molecule has 0 amide bonds. The Morgan fingerprint density at radius 3 is 1.25 bits per heavy atom. The van der Waals surface area contributed by atoms with E-state index in [0.29, 0.717) is 0 Å². The minimum Gasteiger partial charge on any atom is -0.264 e. The van der Waals surface area contributed by atoms with Gasteiger partial charge < -0.3 is 0 Å². The van der Waals surface area contributed by atoms with Crippen molar-refractivity contribution in [1.82, 2.24) is 0 Å². The summed E-state index contributed by atoms with van der Waals surface area (Å²) in [7, 11) is -9.32. The molecule has 0 aromatic rings. The molecule has 0 saturated carbocycles. The highest BCUT2D eigenvalue weighted by Crippen LogP contribution is 1.82. The molecule has 10 nitrogen and oxygen atoms in total. The van der Waals surface area contributed by atoms with Gasteiger partial charge in [-0.25, -0.2) is 4.28 Å². The van der Waals surface area contributed by atoms with Gasteiger partial charge in [-0.3, -0.25) is 13.7 Å². The lowest BCUT2D eigenvalue weighted by Crippen LogP contribution is -1.95. The minimum atomic E-state index is -4.67. The summed E-state index contributed by atoms with van der Waals surface area (Å²) in [6.45, 7) is 0. The van der Waals surface area contributed by atoms with Crippen LogP contribution < -0.4 is 0 Å². The highest BCUT2D eigenvalue weighted by molar-refractivity contribution is 7.80. The van der Waals surface area contributed by atoms with E-state index in [9.17, 15) is 8.42 Å². The molecule has 0 aliphatic carbocycles. The molecule has 0 radical (unpaired) electrons. The zero-order valence-corrected chi connectivity index (χ0v) is 6.69. The lowest BCUT2D eigenvalue weighted by Gasteiger charge is -1.80. The first-order chi connectivity index (χ1) is 5.06. The fraction of sp³-hybridized carbons (Fsp3) is 0. The van der Waals surface area contributed by atoms with Crippen molar-refractivity contribution in [3.63, 3.8) is 0 Å². The van der Waals surface area contributed by atoms with Crippen molar-refractivity contribution < 1.29 is 34.8 Å². The molecular formula is H3NO9S2. The maximum Gasteiger partial charge on any atom is 0.468 e. The molecule has 0 heterocycles. The van der Waals surface area contributed by atoms with Crippen LogP contribution in [-0.2, 0) is 25.1 Å². The van der Waals surface area contributed by atoms with Crippen LogP contribution in [0.4, 0.5) is 0 Å². The Bertz CT molecular complexity index is 296. The van der Waals surface area contributed by atoms with Crippen molar-refractivity contribution >= 4 is 20.8 Å². The van der Waals surface area contributed by atoms with Crippen LogP contribution >= 0.6 is 0 Å². The van der Waals surface area contributed by atoms with E-state index in [-0.39, 0.29) is 0 Å². The first kappa shape index (κ1) is 13.7. The molecule has 74 valence electrons. The van der Waals surface area contributed by atoms with Gasteiger partial charge in [0.2, 0.25) is 0 Å². The summed E-state index contributed by atoms with van der Waals surface area (Å²) in [6, 6.07) is 0. The molecule has 0 bridgehead atoms. The molecule has 0 aromatic heterocycles. The smallest absolute Gasteiger partial charge is 0.264 e. The van der Waals surface area contributed by atoms with E-state index >= 15 is 0 Å². The lowest BCUT2D eigenvalue weighted by atomic mass is 13.4. The van der Waals surface area contributed by atoms with E-state index in [1.165, 1.54) is 5.34 Å². The van der Waals surface area contributed by atoms with E-state index in [4.69, 9.17) is 27.0 Å². The summed E-state index contributed by atoms with van der Waals surface area (Å²) in [4.78, 5) is 8.81. The van der Waals surface area contributed by atoms with Crippen LogP contribution in [0.1, 0.15) is 0 Å². The Hall–Kier alpha value is -0.820. The van der Waals surface area contributed by atoms with E-state index in [1.54, 1.807) is 0 Å². The van der Waals surface area contributed by atoms with Crippen LogP contribution in [0, 0.1) is 4.91 Å². The van der Waals surface area contributed by atoms with E-state index in [0.717, 1.165) is 0 Å². The summed E-state index contributed by atoms with van der Waals surface area (Å²) >= 11 is 0. The first-order valence-corrected chi connectivity index (χ1v) is 4.51. The average molecular weight is 225 g/mol. The summed E-state index contributed by atoms with van der Waals surface area (Å²) < 4.78 is 60.4. The van der Waals surface area contributed by atoms with Gasteiger partial charge >= 0.3 is 20.8 Å². The zero-order valence-electron chi connectivity index (χ0n) is 5.05. The van der Waals surface area contributed by atoms with Crippen LogP contribution in [0.3, 0.4) is 0 Å². The van der Waals surface area contributed by atoms with E-state index in [2.05, 4.69) is 4.28 Å². The molecule has 3 N–H and O–H groups in total. The third-order valence-corrected chi connectivity index (χ3v) is 0.374. The quantitative estimate of drug-likeness (QED) is 0.298. The molecule has 0 atom stereocenters. The van der Waals surface area contributed by atoms with Gasteiger partial charge in [0.05, 0.1) is 0 Å². The SMILES string of the molecule is O=NOS(=O)(=O)O.O=S(=O)(O)O. The predicted molar refractivity (Wildman–Crippen MR) is 32.6 cm³/mol. The van der Waals surface area contributed by atoms with Crippen molar-refractivity contribution in [1.29, 1.82) is 0 Å². The molecule has 0 saturated heterocycles. The zero-order chi connectivity index (χ0) is 10.4. The lowest BCUT2D eigenvalue weighted by molar-refractivity contribution is 0.278. The van der Waals surface area contributed by atoms with Crippen LogP contribution in [0.2, 0.25) is 0 Å². The first-order valence-electron chi connectivity index (χ1n) is 1.75. The maximum absolute atomic E-state index is 9.27. The highest BCUT2D eigenvalue weighted by Gasteiger charge is 2.01. The molecule has 12 heteroatoms. The number of nitrogens with zero attached hydrogens (tertiary/aromatic N) is 1. The van der Waals surface area contributed by atoms with Crippen molar-refractivity contribution in [3.05, 3.63) is 4.91 Å². The largest absolute Gasteiger partial charge is 0.468 e. The number of hydrogen-bond acceptors (Lipinski definition) is 7. The molecule has 0 spiro atoms. The Labute approximate surface area is 66.6 Å². The summed E-state index contributed by atoms with van der Waals surface area (Å²) in [5, 5.41) is 1.42. The van der Waals surface area contributed by atoms with Gasteiger partial charge in [-0.2, -0.15) is 16.8 Å². The Morgan fingerprint density at radius 2 is 1.25 bits per heavy atom. The van der Waals surface area contributed by atoms with Crippen LogP contribution in [0.15, 0.2) is 5.34 Å². The topological polar surface area (TPSA) is 168 Å². The number of hydrogen-bond donors (Lipinski definition) is 3. The fourth-order valence-corrected chi connectivity index (χ4v) is 0.115. The van der Waals surface area contributed by atoms with Crippen molar-refractivity contribution in [2.24, 2.45) is 5.34 Å². The second kappa shape index (κ2) is 4.94. The molecule has 12 heavy (non-hydrogen) atoms. The van der Waals surface area contributed by atoms with Gasteiger partial charge in [-0.05, 0) is 0 Å². The Kier molecular flexibility index (Phi) is 5.66. The van der Waals surface area contributed by atoms with Gasteiger partial charge in [0, 0.05) is 0 Å². The summed E-state index contributed by atoms with van der Waals surface area (Å²) in [6.07, 6.45) is 0. The molecule has 0 aromatic carbocycles. The van der Waals surface area contributed by atoms with Gasteiger partial charge in [-0.15, -0.1) is 4.91 Å². The predicted octanol–water partition coefficient (Wildman–Crippen LogP) is -1.17. The van der Waals surface area contributed by atoms with Gasteiger partial charge in [0.15, 0.2) is 5.34 Å². The summed E-state index contributed by atoms with van der Waals surface area (Å²) in [5.41, 5.74) is 0. The molecule has 0 aliphatic heterocycles. The van der Waals surface area contributed by atoms with Crippen LogP contribution in [0.5, 0.6) is 0 Å². The monoisotopic (exact) mass is 225 g/mol. The molecular weight excluding hydrogens is 222 g/mol. The van der Waals surface area contributed by atoms with E-state index < -0.39 is 20.8 Å². The fourth-order valence-electron chi connectivity index (χ4n) is 0.0385. The highest BCUT2D eigenvalue weighted by atomic mass is 32.3. The average Bonchev–Trinajstić information content (AvgIpc) is 1.54. The van der Waals surface area contributed by atoms with E-state index in [1.807, 2.05) is 0 Å². The normalized spacial score (nSPS) is 10.9. The van der Waals surface area contributed by atoms with Crippen molar-refractivity contribution in [2.45, 2.75) is 0 Å². The van der Waals surface area contributed by atoms with Gasteiger partial charge in [0.1, 0.15) is 0 Å². The molecule has 0 fully saturated rings. The van der Waals surface area contributed by atoms with Crippen molar-refractivity contribution in [2.75, 3.05) is 0 Å². The van der Waals surface area contributed by atoms with Gasteiger partial charge in [0.25, 0.3) is 0 Å². The summed E-state index contributed by atoms with van der Waals surface area (Å²) in [5.74, 6) is 0. The number of rotatable bonds is 2. The Morgan fingerprint density at radius 1 is 1.00 bits per heavy atom. The molecule has 0 aliphatic rings. The Balaban J connectivity index is 0. The third kappa shape index (κ3) is 60.7. The van der Waals surface area contributed by atoms with Crippen LogP contribution in [0.25, 0.3) is 0 Å². The molecule has 0 unspecified atom stereocenters. The minimum absolute atomic E-state index is 1.42. The second-order valence-corrected chi connectivity index (χ2v) is 2.92. The van der Waals surface area contributed by atoms with Crippen molar-refractivity contribution in [3.8, 4) is 0 Å². The third-order valence-electron chi connectivity index (χ3n) is 0.125.